The molecule has 0 fully saturated rings. The first-order valence-electron chi connectivity index (χ1n) is 7.75. The van der Waals surface area contributed by atoms with Crippen molar-refractivity contribution in [2.75, 3.05) is 6.61 Å². The summed E-state index contributed by atoms with van der Waals surface area (Å²) >= 11 is 6.21. The normalized spacial score (nSPS) is 10.5. The Labute approximate surface area is 150 Å². The van der Waals surface area contributed by atoms with Gasteiger partial charge in [0.2, 0.25) is 0 Å². The van der Waals surface area contributed by atoms with Crippen molar-refractivity contribution in [1.82, 2.24) is 0 Å². The second-order valence-electron chi connectivity index (χ2n) is 5.30. The van der Waals surface area contributed by atoms with E-state index in [1.165, 1.54) is 0 Å². The average molecular weight is 355 g/mol. The number of carbonyl (C=O) groups is 2. The van der Waals surface area contributed by atoms with Gasteiger partial charge in [-0.3, -0.25) is 9.59 Å². The van der Waals surface area contributed by atoms with Gasteiger partial charge in [0.25, 0.3) is 0 Å². The Balaban J connectivity index is 1.93. The lowest BCUT2D eigenvalue weighted by Crippen LogP contribution is -2.02. The summed E-state index contributed by atoms with van der Waals surface area (Å²) in [6, 6.07) is 15.1. The molecule has 0 aliphatic carbocycles. The number of hydrogen-bond acceptors (Lipinski definition) is 4. The molecular weight excluding hydrogens is 340 g/mol. The van der Waals surface area contributed by atoms with Gasteiger partial charge in [0.1, 0.15) is 11.5 Å². The third-order valence-electron chi connectivity index (χ3n) is 3.66. The summed E-state index contributed by atoms with van der Waals surface area (Å²) in [7, 11) is 0. The summed E-state index contributed by atoms with van der Waals surface area (Å²) in [6.07, 6.45) is 0.617. The number of halogens is 1. The molecule has 3 rings (SSSR count). The second-order valence-corrected chi connectivity index (χ2v) is 5.71. The number of carbonyl (C=O) groups excluding carboxylic acids is 2. The van der Waals surface area contributed by atoms with E-state index in [1.807, 2.05) is 6.92 Å². The number of rotatable bonds is 6. The molecule has 0 radical (unpaired) electrons. The molecule has 0 aliphatic heterocycles. The third kappa shape index (κ3) is 3.64. The minimum Gasteiger partial charge on any atom is -0.494 e. The van der Waals surface area contributed by atoms with E-state index in [4.69, 9.17) is 20.8 Å². The van der Waals surface area contributed by atoms with E-state index >= 15 is 0 Å². The van der Waals surface area contributed by atoms with Gasteiger partial charge < -0.3 is 9.15 Å². The van der Waals surface area contributed by atoms with Crippen molar-refractivity contribution >= 4 is 23.7 Å². The minimum atomic E-state index is -0.136. The number of aldehydes is 1. The molecule has 5 heteroatoms. The SMILES string of the molecule is CCOc1ccc(C(=O)c2ccc(Cl)c(-c3ccc(C=O)o3)c2)cc1. The molecule has 25 heavy (non-hydrogen) atoms. The third-order valence-corrected chi connectivity index (χ3v) is 3.99. The van der Waals surface area contributed by atoms with Crippen LogP contribution in [-0.2, 0) is 0 Å². The molecule has 0 spiro atoms. The monoisotopic (exact) mass is 354 g/mol. The highest BCUT2D eigenvalue weighted by Crippen LogP contribution is 2.31. The summed E-state index contributed by atoms with van der Waals surface area (Å²) in [4.78, 5) is 23.5. The van der Waals surface area contributed by atoms with Crippen molar-refractivity contribution in [3.05, 3.63) is 76.5 Å². The summed E-state index contributed by atoms with van der Waals surface area (Å²) in [5.74, 6) is 1.22. The first-order chi connectivity index (χ1) is 12.1. The maximum atomic E-state index is 12.7. The van der Waals surface area contributed by atoms with E-state index in [2.05, 4.69) is 0 Å². The Kier molecular flexibility index (Phi) is 5.00. The average Bonchev–Trinajstić information content (AvgIpc) is 3.11. The zero-order chi connectivity index (χ0) is 17.8. The highest BCUT2D eigenvalue weighted by molar-refractivity contribution is 6.33. The van der Waals surface area contributed by atoms with Gasteiger partial charge in [-0.15, -0.1) is 0 Å². The van der Waals surface area contributed by atoms with Crippen LogP contribution in [0.3, 0.4) is 0 Å². The lowest BCUT2D eigenvalue weighted by molar-refractivity contribution is 0.103. The molecule has 1 aromatic heterocycles. The smallest absolute Gasteiger partial charge is 0.193 e. The van der Waals surface area contributed by atoms with Gasteiger partial charge in [0.15, 0.2) is 17.8 Å². The maximum Gasteiger partial charge on any atom is 0.193 e. The molecule has 1 heterocycles. The summed E-state index contributed by atoms with van der Waals surface area (Å²) in [5, 5.41) is 0.440. The van der Waals surface area contributed by atoms with Gasteiger partial charge in [0, 0.05) is 16.7 Å². The van der Waals surface area contributed by atoms with Crippen LogP contribution >= 0.6 is 11.6 Å². The van der Waals surface area contributed by atoms with E-state index in [0.717, 1.165) is 0 Å². The Morgan fingerprint density at radius 1 is 1.08 bits per heavy atom. The molecule has 3 aromatic rings. The van der Waals surface area contributed by atoms with Crippen LogP contribution in [0.15, 0.2) is 59.0 Å². The Morgan fingerprint density at radius 3 is 2.44 bits per heavy atom. The lowest BCUT2D eigenvalue weighted by Gasteiger charge is -2.07. The maximum absolute atomic E-state index is 12.7. The van der Waals surface area contributed by atoms with E-state index in [1.54, 1.807) is 54.6 Å². The Hall–Kier alpha value is -2.85. The molecule has 0 amide bonds. The highest BCUT2D eigenvalue weighted by atomic mass is 35.5. The van der Waals surface area contributed by atoms with Crippen LogP contribution in [0.5, 0.6) is 5.75 Å². The predicted molar refractivity (Wildman–Crippen MR) is 95.6 cm³/mol. The zero-order valence-corrected chi connectivity index (χ0v) is 14.2. The Morgan fingerprint density at radius 2 is 1.80 bits per heavy atom. The van der Waals surface area contributed by atoms with Gasteiger partial charge in [-0.1, -0.05) is 11.6 Å². The molecule has 2 aromatic carbocycles. The van der Waals surface area contributed by atoms with Crippen LogP contribution < -0.4 is 4.74 Å². The molecule has 0 unspecified atom stereocenters. The quantitative estimate of drug-likeness (QED) is 0.459. The van der Waals surface area contributed by atoms with Crippen molar-refractivity contribution in [2.45, 2.75) is 6.92 Å². The van der Waals surface area contributed by atoms with Crippen LogP contribution in [0.25, 0.3) is 11.3 Å². The number of furan rings is 1. The van der Waals surface area contributed by atoms with E-state index < -0.39 is 0 Å². The topological polar surface area (TPSA) is 56.5 Å². The van der Waals surface area contributed by atoms with Crippen LogP contribution in [0, 0.1) is 0 Å². The van der Waals surface area contributed by atoms with Crippen molar-refractivity contribution < 1.29 is 18.7 Å². The summed E-state index contributed by atoms with van der Waals surface area (Å²) in [5.41, 5.74) is 1.59. The first-order valence-corrected chi connectivity index (χ1v) is 8.12. The molecule has 0 aliphatic rings. The van der Waals surface area contributed by atoms with E-state index in [0.29, 0.717) is 46.1 Å². The van der Waals surface area contributed by atoms with Crippen LogP contribution in [0.4, 0.5) is 0 Å². The predicted octanol–water partition coefficient (Wildman–Crippen LogP) is 5.04. The fourth-order valence-electron chi connectivity index (χ4n) is 2.45. The fourth-order valence-corrected chi connectivity index (χ4v) is 2.66. The first kappa shape index (κ1) is 17.0. The van der Waals surface area contributed by atoms with Crippen molar-refractivity contribution in [2.24, 2.45) is 0 Å². The highest BCUT2D eigenvalue weighted by Gasteiger charge is 2.14. The minimum absolute atomic E-state index is 0.136. The summed E-state index contributed by atoms with van der Waals surface area (Å²) < 4.78 is 10.8. The zero-order valence-electron chi connectivity index (χ0n) is 13.5. The Bertz CT molecular complexity index is 910. The van der Waals surface area contributed by atoms with Gasteiger partial charge in [0.05, 0.1) is 11.6 Å². The van der Waals surface area contributed by atoms with E-state index in [9.17, 15) is 9.59 Å². The molecule has 0 bridgehead atoms. The van der Waals surface area contributed by atoms with Crippen LogP contribution in [0.2, 0.25) is 5.02 Å². The number of hydrogen-bond donors (Lipinski definition) is 0. The molecule has 0 saturated carbocycles. The van der Waals surface area contributed by atoms with Crippen LogP contribution in [0.1, 0.15) is 33.4 Å². The molecule has 126 valence electrons. The molecular formula is C20H15ClO4. The standard InChI is InChI=1S/C20H15ClO4/c1-2-24-15-6-3-13(4-7-15)20(23)14-5-9-18(21)17(11-14)19-10-8-16(12-22)25-19/h3-12H,2H2,1H3. The number of ketones is 1. The van der Waals surface area contributed by atoms with Crippen molar-refractivity contribution in [1.29, 1.82) is 0 Å². The molecule has 0 atom stereocenters. The van der Waals surface area contributed by atoms with Crippen molar-refractivity contribution in [3.63, 3.8) is 0 Å². The number of ether oxygens (including phenoxy) is 1. The lowest BCUT2D eigenvalue weighted by atomic mass is 10.0. The fraction of sp³-hybridized carbons (Fsp3) is 0.100. The molecule has 0 N–H and O–H groups in total. The van der Waals surface area contributed by atoms with Gasteiger partial charge in [-0.25, -0.2) is 0 Å². The number of benzene rings is 2. The second kappa shape index (κ2) is 7.36. The van der Waals surface area contributed by atoms with Gasteiger partial charge >= 0.3 is 0 Å². The van der Waals surface area contributed by atoms with E-state index in [-0.39, 0.29) is 11.5 Å². The molecule has 0 saturated heterocycles. The van der Waals surface area contributed by atoms with Crippen molar-refractivity contribution in [3.8, 4) is 17.1 Å². The largest absolute Gasteiger partial charge is 0.494 e. The van der Waals surface area contributed by atoms with Crippen LogP contribution in [-0.4, -0.2) is 18.7 Å². The van der Waals surface area contributed by atoms with Gasteiger partial charge in [-0.2, -0.15) is 0 Å². The molecule has 4 nitrogen and oxygen atoms in total. The summed E-state index contributed by atoms with van der Waals surface area (Å²) in [6.45, 7) is 2.47. The van der Waals surface area contributed by atoms with Gasteiger partial charge in [-0.05, 0) is 61.5 Å².